The molecule has 1 N–H and O–H groups in total. The van der Waals surface area contributed by atoms with Crippen molar-refractivity contribution < 1.29 is 0 Å². The van der Waals surface area contributed by atoms with E-state index in [0.717, 1.165) is 30.2 Å². The Morgan fingerprint density at radius 2 is 2.30 bits per heavy atom. The van der Waals surface area contributed by atoms with E-state index in [1.165, 1.54) is 23.9 Å². The smallest absolute Gasteiger partial charge is 0.0737 e. The van der Waals surface area contributed by atoms with E-state index >= 15 is 0 Å². The highest BCUT2D eigenvalue weighted by Crippen LogP contribution is 2.28. The van der Waals surface area contributed by atoms with E-state index in [9.17, 15) is 0 Å². The highest BCUT2D eigenvalue weighted by Gasteiger charge is 2.18. The van der Waals surface area contributed by atoms with Gasteiger partial charge in [0.1, 0.15) is 0 Å². The molecule has 1 aromatic carbocycles. The summed E-state index contributed by atoms with van der Waals surface area (Å²) in [6.07, 6.45) is 4.43. The van der Waals surface area contributed by atoms with Crippen LogP contribution in [0.5, 0.6) is 0 Å². The van der Waals surface area contributed by atoms with Gasteiger partial charge < -0.3 is 10.2 Å². The average molecular weight is 290 g/mol. The van der Waals surface area contributed by atoms with E-state index in [1.54, 1.807) is 0 Å². The van der Waals surface area contributed by atoms with E-state index in [0.29, 0.717) is 6.04 Å². The van der Waals surface area contributed by atoms with Crippen LogP contribution in [0.2, 0.25) is 5.02 Å². The Morgan fingerprint density at radius 3 is 3.05 bits per heavy atom. The van der Waals surface area contributed by atoms with Crippen LogP contribution in [0.3, 0.4) is 0 Å². The number of halogens is 1. The summed E-state index contributed by atoms with van der Waals surface area (Å²) in [6, 6.07) is 8.66. The lowest BCUT2D eigenvalue weighted by atomic mass is 10.1. The van der Waals surface area contributed by atoms with Crippen LogP contribution in [0.1, 0.15) is 19.8 Å². The van der Waals surface area contributed by atoms with Gasteiger partial charge >= 0.3 is 0 Å². The zero-order chi connectivity index (χ0) is 13.9. The molecule has 0 bridgehead atoms. The zero-order valence-electron chi connectivity index (χ0n) is 11.8. The van der Waals surface area contributed by atoms with Gasteiger partial charge in [0.05, 0.1) is 5.52 Å². The Morgan fingerprint density at radius 1 is 1.40 bits per heavy atom. The Kier molecular flexibility index (Phi) is 4.08. The molecule has 2 heterocycles. The Labute approximate surface area is 124 Å². The minimum absolute atomic E-state index is 0.602. The number of likely N-dealkylation sites (N-methyl/N-ethyl adjacent to an activating group) is 1. The molecule has 3 rings (SSSR count). The first-order valence-electron chi connectivity index (χ1n) is 7.30. The van der Waals surface area contributed by atoms with Crippen LogP contribution in [-0.2, 0) is 0 Å². The number of benzene rings is 1. The zero-order valence-corrected chi connectivity index (χ0v) is 12.5. The maximum atomic E-state index is 6.06. The van der Waals surface area contributed by atoms with Gasteiger partial charge in [-0.1, -0.05) is 11.6 Å². The van der Waals surface area contributed by atoms with Gasteiger partial charge in [-0.05, 0) is 50.6 Å². The molecular formula is C16H20ClN3. The molecule has 20 heavy (non-hydrogen) atoms. The van der Waals surface area contributed by atoms with Crippen LogP contribution in [0.4, 0.5) is 5.69 Å². The van der Waals surface area contributed by atoms with Crippen molar-refractivity contribution in [3.63, 3.8) is 0 Å². The summed E-state index contributed by atoms with van der Waals surface area (Å²) < 4.78 is 0. The number of fused-ring (bicyclic) bond motifs is 1. The minimum atomic E-state index is 0.602. The van der Waals surface area contributed by atoms with E-state index in [-0.39, 0.29) is 0 Å². The minimum Gasteiger partial charge on any atom is -0.370 e. The highest BCUT2D eigenvalue weighted by atomic mass is 35.5. The average Bonchev–Trinajstić information content (AvgIpc) is 2.97. The number of aromatic nitrogens is 1. The van der Waals surface area contributed by atoms with Gasteiger partial charge in [0.2, 0.25) is 0 Å². The third-order valence-corrected chi connectivity index (χ3v) is 4.24. The van der Waals surface area contributed by atoms with Crippen molar-refractivity contribution in [2.24, 2.45) is 0 Å². The lowest BCUT2D eigenvalue weighted by Crippen LogP contribution is -2.37. The molecule has 1 unspecified atom stereocenters. The van der Waals surface area contributed by atoms with E-state index in [1.807, 2.05) is 18.3 Å². The van der Waals surface area contributed by atoms with Gasteiger partial charge in [-0.15, -0.1) is 0 Å². The summed E-state index contributed by atoms with van der Waals surface area (Å²) in [4.78, 5) is 6.86. The number of hydrogen-bond acceptors (Lipinski definition) is 3. The molecule has 2 aromatic rings. The molecule has 0 spiro atoms. The molecular weight excluding hydrogens is 270 g/mol. The summed E-state index contributed by atoms with van der Waals surface area (Å²) in [5, 5.41) is 5.49. The summed E-state index contributed by atoms with van der Waals surface area (Å²) in [5.74, 6) is 0. The van der Waals surface area contributed by atoms with Crippen LogP contribution in [0, 0.1) is 0 Å². The Bertz CT molecular complexity index is 593. The molecule has 1 aromatic heterocycles. The van der Waals surface area contributed by atoms with Crippen molar-refractivity contribution in [2.75, 3.05) is 24.5 Å². The van der Waals surface area contributed by atoms with Crippen molar-refractivity contribution in [1.82, 2.24) is 10.3 Å². The molecule has 1 saturated heterocycles. The van der Waals surface area contributed by atoms with Crippen molar-refractivity contribution in [2.45, 2.75) is 25.8 Å². The molecule has 1 fully saturated rings. The molecule has 1 aliphatic heterocycles. The second kappa shape index (κ2) is 5.98. The maximum absolute atomic E-state index is 6.06. The first kappa shape index (κ1) is 13.7. The Balaban J connectivity index is 1.94. The first-order chi connectivity index (χ1) is 9.78. The number of rotatable bonds is 4. The van der Waals surface area contributed by atoms with Gasteiger partial charge in [0.15, 0.2) is 0 Å². The van der Waals surface area contributed by atoms with Crippen LogP contribution in [0.25, 0.3) is 10.9 Å². The van der Waals surface area contributed by atoms with Crippen LogP contribution in [-0.4, -0.2) is 30.7 Å². The van der Waals surface area contributed by atoms with E-state index in [4.69, 9.17) is 11.6 Å². The fourth-order valence-electron chi connectivity index (χ4n) is 2.96. The highest BCUT2D eigenvalue weighted by molar-refractivity contribution is 6.31. The molecule has 106 valence electrons. The fraction of sp³-hybridized carbons (Fsp3) is 0.438. The number of nitrogens with zero attached hydrogens (tertiary/aromatic N) is 2. The number of hydrogen-bond donors (Lipinski definition) is 1. The molecule has 0 aliphatic carbocycles. The summed E-state index contributed by atoms with van der Waals surface area (Å²) in [7, 11) is 0. The lowest BCUT2D eigenvalue weighted by Gasteiger charge is -2.27. The van der Waals surface area contributed by atoms with Gasteiger partial charge in [0.25, 0.3) is 0 Å². The SMILES string of the molecule is CCN(CC1CCCN1)c1ccnc2cc(Cl)ccc12. The predicted molar refractivity (Wildman–Crippen MR) is 85.7 cm³/mol. The standard InChI is InChI=1S/C16H20ClN3/c1-2-20(11-13-4-3-8-18-13)16-7-9-19-15-10-12(17)5-6-14(15)16/h5-7,9-10,13,18H,2-4,8,11H2,1H3. The van der Waals surface area contributed by atoms with Crippen LogP contribution < -0.4 is 10.2 Å². The molecule has 1 aliphatic rings. The van der Waals surface area contributed by atoms with Gasteiger partial charge in [-0.3, -0.25) is 4.98 Å². The van der Waals surface area contributed by atoms with Gasteiger partial charge in [0, 0.05) is 41.4 Å². The monoisotopic (exact) mass is 289 g/mol. The second-order valence-electron chi connectivity index (χ2n) is 5.32. The van der Waals surface area contributed by atoms with Crippen molar-refractivity contribution in [3.8, 4) is 0 Å². The van der Waals surface area contributed by atoms with Crippen LogP contribution in [0.15, 0.2) is 30.5 Å². The topological polar surface area (TPSA) is 28.2 Å². The predicted octanol–water partition coefficient (Wildman–Crippen LogP) is 3.47. The molecule has 3 nitrogen and oxygen atoms in total. The number of pyridine rings is 1. The van der Waals surface area contributed by atoms with Gasteiger partial charge in [-0.2, -0.15) is 0 Å². The quantitative estimate of drug-likeness (QED) is 0.934. The van der Waals surface area contributed by atoms with E-state index in [2.05, 4.69) is 34.3 Å². The van der Waals surface area contributed by atoms with Crippen LogP contribution >= 0.6 is 11.6 Å². The first-order valence-corrected chi connectivity index (χ1v) is 7.68. The van der Waals surface area contributed by atoms with Gasteiger partial charge in [-0.25, -0.2) is 0 Å². The largest absolute Gasteiger partial charge is 0.370 e. The second-order valence-corrected chi connectivity index (χ2v) is 5.76. The summed E-state index contributed by atoms with van der Waals surface area (Å²) in [5.41, 5.74) is 2.22. The molecule has 4 heteroatoms. The van der Waals surface area contributed by atoms with Crippen molar-refractivity contribution in [1.29, 1.82) is 0 Å². The third kappa shape index (κ3) is 2.74. The van der Waals surface area contributed by atoms with Crippen molar-refractivity contribution in [3.05, 3.63) is 35.5 Å². The van der Waals surface area contributed by atoms with Crippen molar-refractivity contribution >= 4 is 28.2 Å². The summed E-state index contributed by atoms with van der Waals surface area (Å²) in [6.45, 7) is 5.41. The molecule has 1 atom stereocenters. The van der Waals surface area contributed by atoms with E-state index < -0.39 is 0 Å². The molecule has 0 radical (unpaired) electrons. The third-order valence-electron chi connectivity index (χ3n) is 4.01. The number of nitrogens with one attached hydrogen (secondary N) is 1. The number of anilines is 1. The Hall–Kier alpha value is -1.32. The fourth-order valence-corrected chi connectivity index (χ4v) is 3.12. The molecule has 0 saturated carbocycles. The maximum Gasteiger partial charge on any atom is 0.0737 e. The molecule has 0 amide bonds. The normalized spacial score (nSPS) is 18.6. The lowest BCUT2D eigenvalue weighted by molar-refractivity contribution is 0.587. The summed E-state index contributed by atoms with van der Waals surface area (Å²) >= 11 is 6.06.